The molecule has 1 aliphatic heterocycles. The summed E-state index contributed by atoms with van der Waals surface area (Å²) in [6, 6.07) is 8.42. The first-order chi connectivity index (χ1) is 14.1. The van der Waals surface area contributed by atoms with Crippen molar-refractivity contribution in [2.45, 2.75) is 64.1 Å². The third kappa shape index (κ3) is 4.90. The highest BCUT2D eigenvalue weighted by molar-refractivity contribution is 5.60. The molecule has 1 aromatic carbocycles. The monoisotopic (exact) mass is 396 g/mol. The summed E-state index contributed by atoms with van der Waals surface area (Å²) in [4.78, 5) is 22.1. The number of piperidine rings is 1. The number of anilines is 1. The van der Waals surface area contributed by atoms with Crippen LogP contribution < -0.4 is 4.90 Å². The molecule has 0 N–H and O–H groups in total. The van der Waals surface area contributed by atoms with E-state index in [0.717, 1.165) is 43.0 Å². The number of non-ortho nitro benzene ring substituents is 1. The van der Waals surface area contributed by atoms with Crippen LogP contribution in [0.1, 0.15) is 50.6 Å². The van der Waals surface area contributed by atoms with Crippen LogP contribution in [0.5, 0.6) is 0 Å². The minimum atomic E-state index is -0.397. The van der Waals surface area contributed by atoms with Crippen molar-refractivity contribution in [3.8, 4) is 11.4 Å². The van der Waals surface area contributed by atoms with Gasteiger partial charge < -0.3 is 9.64 Å². The van der Waals surface area contributed by atoms with E-state index in [2.05, 4.69) is 9.88 Å². The van der Waals surface area contributed by atoms with Crippen molar-refractivity contribution < 1.29 is 9.66 Å². The van der Waals surface area contributed by atoms with Crippen molar-refractivity contribution in [1.82, 2.24) is 9.97 Å². The average Bonchev–Trinajstić information content (AvgIpc) is 2.75. The number of ether oxygens (including phenoxy) is 1. The molecule has 0 unspecified atom stereocenters. The maximum absolute atomic E-state index is 10.9. The summed E-state index contributed by atoms with van der Waals surface area (Å²) in [5, 5.41) is 10.9. The summed E-state index contributed by atoms with van der Waals surface area (Å²) < 4.78 is 6.35. The van der Waals surface area contributed by atoms with Gasteiger partial charge in [0.05, 0.1) is 17.1 Å². The lowest BCUT2D eigenvalue weighted by molar-refractivity contribution is -0.384. The van der Waals surface area contributed by atoms with E-state index in [9.17, 15) is 10.1 Å². The number of nitro benzene ring substituents is 1. The van der Waals surface area contributed by atoms with Gasteiger partial charge in [-0.3, -0.25) is 10.1 Å². The smallest absolute Gasteiger partial charge is 0.269 e. The van der Waals surface area contributed by atoms with Gasteiger partial charge in [0.1, 0.15) is 5.82 Å². The molecule has 0 bridgehead atoms. The van der Waals surface area contributed by atoms with Crippen molar-refractivity contribution in [3.63, 3.8) is 0 Å². The van der Waals surface area contributed by atoms with Crippen molar-refractivity contribution in [2.75, 3.05) is 18.0 Å². The Bertz CT molecular complexity index is 842. The summed E-state index contributed by atoms with van der Waals surface area (Å²) in [6.45, 7) is 3.81. The van der Waals surface area contributed by atoms with Gasteiger partial charge >= 0.3 is 0 Å². The van der Waals surface area contributed by atoms with E-state index in [1.807, 2.05) is 13.0 Å². The molecule has 7 heteroatoms. The highest BCUT2D eigenvalue weighted by atomic mass is 16.6. The van der Waals surface area contributed by atoms with E-state index in [1.54, 1.807) is 12.1 Å². The zero-order chi connectivity index (χ0) is 20.2. The van der Waals surface area contributed by atoms with Gasteiger partial charge in [-0.05, 0) is 44.7 Å². The first-order valence-electron chi connectivity index (χ1n) is 10.6. The maximum atomic E-state index is 10.9. The molecule has 1 aliphatic carbocycles. The Hall–Kier alpha value is -2.54. The number of aryl methyl sites for hydroxylation is 1. The molecule has 7 nitrogen and oxygen atoms in total. The van der Waals surface area contributed by atoms with Gasteiger partial charge in [0.15, 0.2) is 5.82 Å². The van der Waals surface area contributed by atoms with Crippen molar-refractivity contribution >= 4 is 11.5 Å². The third-order valence-electron chi connectivity index (χ3n) is 5.88. The normalized spacial score (nSPS) is 18.7. The number of nitrogens with zero attached hydrogens (tertiary/aromatic N) is 4. The highest BCUT2D eigenvalue weighted by Crippen LogP contribution is 2.27. The van der Waals surface area contributed by atoms with Crippen LogP contribution in [-0.2, 0) is 4.74 Å². The number of hydrogen-bond acceptors (Lipinski definition) is 6. The van der Waals surface area contributed by atoms with E-state index in [0.29, 0.717) is 18.0 Å². The van der Waals surface area contributed by atoms with Crippen LogP contribution in [0.25, 0.3) is 11.4 Å². The van der Waals surface area contributed by atoms with Crippen molar-refractivity contribution in [3.05, 3.63) is 46.1 Å². The predicted octanol–water partition coefficient (Wildman–Crippen LogP) is 4.68. The lowest BCUT2D eigenvalue weighted by Crippen LogP contribution is -2.39. The van der Waals surface area contributed by atoms with Gasteiger partial charge in [-0.25, -0.2) is 9.97 Å². The SMILES string of the molecule is Cc1cc(N2CCC(OC3CCCCC3)CC2)nc(-c2ccc([N+](=O)[O-])cc2)n1. The van der Waals surface area contributed by atoms with Crippen LogP contribution in [-0.4, -0.2) is 40.2 Å². The predicted molar refractivity (Wildman–Crippen MR) is 112 cm³/mol. The lowest BCUT2D eigenvalue weighted by atomic mass is 9.97. The second kappa shape index (κ2) is 8.86. The zero-order valence-electron chi connectivity index (χ0n) is 16.9. The molecule has 1 saturated carbocycles. The minimum absolute atomic E-state index is 0.0710. The van der Waals surface area contributed by atoms with E-state index in [4.69, 9.17) is 9.72 Å². The van der Waals surface area contributed by atoms with Gasteiger partial charge in [0.25, 0.3) is 5.69 Å². The second-order valence-corrected chi connectivity index (χ2v) is 8.08. The van der Waals surface area contributed by atoms with Gasteiger partial charge in [-0.15, -0.1) is 0 Å². The van der Waals surface area contributed by atoms with Crippen molar-refractivity contribution in [2.24, 2.45) is 0 Å². The van der Waals surface area contributed by atoms with Crippen molar-refractivity contribution in [1.29, 1.82) is 0 Å². The molecule has 154 valence electrons. The molecule has 0 radical (unpaired) electrons. The quantitative estimate of drug-likeness (QED) is 0.539. The molecule has 4 rings (SSSR count). The Morgan fingerprint density at radius 2 is 1.66 bits per heavy atom. The number of benzene rings is 1. The molecule has 29 heavy (non-hydrogen) atoms. The molecular formula is C22H28N4O3. The summed E-state index contributed by atoms with van der Waals surface area (Å²) in [5.74, 6) is 1.53. The number of aromatic nitrogens is 2. The van der Waals surface area contributed by atoms with Crippen LogP contribution in [0.15, 0.2) is 30.3 Å². The van der Waals surface area contributed by atoms with Gasteiger partial charge in [-0.1, -0.05) is 19.3 Å². The largest absolute Gasteiger partial charge is 0.375 e. The van der Waals surface area contributed by atoms with E-state index in [-0.39, 0.29) is 5.69 Å². The standard InChI is InChI=1S/C22H28N4O3/c1-16-15-21(24-22(23-16)17-7-9-18(10-8-17)26(27)28)25-13-11-20(12-14-25)29-19-5-3-2-4-6-19/h7-10,15,19-20H,2-6,11-14H2,1H3. The van der Waals surface area contributed by atoms with Gasteiger partial charge in [-0.2, -0.15) is 0 Å². The Balaban J connectivity index is 1.42. The molecule has 2 aliphatic rings. The van der Waals surface area contributed by atoms with Crippen LogP contribution >= 0.6 is 0 Å². The summed E-state index contributed by atoms with van der Waals surface area (Å²) >= 11 is 0. The van der Waals surface area contributed by atoms with Crippen LogP contribution in [0.4, 0.5) is 11.5 Å². The zero-order valence-corrected chi connectivity index (χ0v) is 16.9. The Morgan fingerprint density at radius 1 is 1.00 bits per heavy atom. The van der Waals surface area contributed by atoms with E-state index >= 15 is 0 Å². The molecule has 0 spiro atoms. The molecule has 1 aromatic heterocycles. The summed E-state index contributed by atoms with van der Waals surface area (Å²) in [5.41, 5.74) is 1.75. The first kappa shape index (κ1) is 19.8. The number of rotatable bonds is 5. The van der Waals surface area contributed by atoms with E-state index < -0.39 is 4.92 Å². The molecule has 1 saturated heterocycles. The van der Waals surface area contributed by atoms with Crippen LogP contribution in [0.3, 0.4) is 0 Å². The first-order valence-corrected chi connectivity index (χ1v) is 10.6. The average molecular weight is 396 g/mol. The summed E-state index contributed by atoms with van der Waals surface area (Å²) in [6.07, 6.45) is 9.22. The molecular weight excluding hydrogens is 368 g/mol. The number of nitro groups is 1. The molecule has 0 amide bonds. The van der Waals surface area contributed by atoms with E-state index in [1.165, 1.54) is 44.2 Å². The highest BCUT2D eigenvalue weighted by Gasteiger charge is 2.25. The summed E-state index contributed by atoms with van der Waals surface area (Å²) in [7, 11) is 0. The fourth-order valence-electron chi connectivity index (χ4n) is 4.27. The van der Waals surface area contributed by atoms with Gasteiger partial charge in [0, 0.05) is 42.5 Å². The number of hydrogen-bond donors (Lipinski definition) is 0. The topological polar surface area (TPSA) is 81.4 Å². The second-order valence-electron chi connectivity index (χ2n) is 8.08. The molecule has 2 aromatic rings. The van der Waals surface area contributed by atoms with Crippen LogP contribution in [0.2, 0.25) is 0 Å². The minimum Gasteiger partial charge on any atom is -0.375 e. The molecule has 2 heterocycles. The Kier molecular flexibility index (Phi) is 6.04. The molecule has 2 fully saturated rings. The van der Waals surface area contributed by atoms with Gasteiger partial charge in [0.2, 0.25) is 0 Å². The Morgan fingerprint density at radius 3 is 2.31 bits per heavy atom. The fourth-order valence-corrected chi connectivity index (χ4v) is 4.27. The van der Waals surface area contributed by atoms with Crippen LogP contribution in [0, 0.1) is 17.0 Å². The molecule has 0 atom stereocenters. The lowest BCUT2D eigenvalue weighted by Gasteiger charge is -2.35. The maximum Gasteiger partial charge on any atom is 0.269 e. The fraction of sp³-hybridized carbons (Fsp3) is 0.545. The third-order valence-corrected chi connectivity index (χ3v) is 5.88. The Labute approximate surface area is 171 Å².